The number of amides is 1. The van der Waals surface area contributed by atoms with Crippen LogP contribution in [0.5, 0.6) is 0 Å². The largest absolute Gasteiger partial charge is 0.352 e. The Balaban J connectivity index is 1.90. The van der Waals surface area contributed by atoms with Crippen LogP contribution in [-0.2, 0) is 6.42 Å². The van der Waals surface area contributed by atoms with E-state index in [2.05, 4.69) is 27.3 Å². The normalized spacial score (nSPS) is 10.4. The molecule has 19 heavy (non-hydrogen) atoms. The molecule has 2 nitrogen and oxygen atoms in total. The van der Waals surface area contributed by atoms with Crippen molar-refractivity contribution in [3.8, 4) is 0 Å². The summed E-state index contributed by atoms with van der Waals surface area (Å²) in [5, 5.41) is 2.97. The number of carbonyl (C=O) groups is 1. The van der Waals surface area contributed by atoms with Gasteiger partial charge in [-0.05, 0) is 52.9 Å². The third-order valence-corrected chi connectivity index (χ3v) is 5.12. The fourth-order valence-electron chi connectivity index (χ4n) is 1.71. The molecule has 2 aromatic rings. The van der Waals surface area contributed by atoms with E-state index in [-0.39, 0.29) is 5.91 Å². The van der Waals surface area contributed by atoms with Crippen LogP contribution in [0.25, 0.3) is 0 Å². The Kier molecular flexibility index (Phi) is 5.48. The van der Waals surface area contributed by atoms with Gasteiger partial charge in [0.15, 0.2) is 0 Å². The number of nitrogens with one attached hydrogen (secondary N) is 1. The summed E-state index contributed by atoms with van der Waals surface area (Å²) >= 11 is 6.73. The van der Waals surface area contributed by atoms with E-state index in [9.17, 15) is 4.79 Å². The zero-order valence-corrected chi connectivity index (χ0v) is 13.7. The molecule has 0 saturated heterocycles. The van der Waals surface area contributed by atoms with Gasteiger partial charge in [0.2, 0.25) is 0 Å². The maximum atomic E-state index is 12.1. The van der Waals surface area contributed by atoms with Gasteiger partial charge >= 0.3 is 0 Å². The summed E-state index contributed by atoms with van der Waals surface area (Å²) < 4.78 is 1.13. The molecule has 100 valence electrons. The van der Waals surface area contributed by atoms with Crippen LogP contribution < -0.4 is 5.32 Å². The van der Waals surface area contributed by atoms with Gasteiger partial charge < -0.3 is 5.32 Å². The minimum atomic E-state index is 0.000529. The SMILES string of the molecule is CSc1ccccc1C(=O)NCCc1ccc(Br)s1. The number of thioether (sulfide) groups is 1. The van der Waals surface area contributed by atoms with Gasteiger partial charge in [0, 0.05) is 16.3 Å². The number of rotatable bonds is 5. The summed E-state index contributed by atoms with van der Waals surface area (Å²) in [5.74, 6) is 0.000529. The van der Waals surface area contributed by atoms with Gasteiger partial charge in [0.1, 0.15) is 0 Å². The van der Waals surface area contributed by atoms with E-state index >= 15 is 0 Å². The molecular weight excluding hydrogens is 342 g/mol. The zero-order chi connectivity index (χ0) is 13.7. The molecule has 0 aliphatic carbocycles. The Morgan fingerprint density at radius 1 is 1.32 bits per heavy atom. The van der Waals surface area contributed by atoms with Crippen LogP contribution >= 0.6 is 39.0 Å². The van der Waals surface area contributed by atoms with Crippen molar-refractivity contribution >= 4 is 44.9 Å². The van der Waals surface area contributed by atoms with Gasteiger partial charge in [-0.2, -0.15) is 0 Å². The Morgan fingerprint density at radius 3 is 2.79 bits per heavy atom. The second-order valence-corrected chi connectivity index (χ2v) is 7.31. The average Bonchev–Trinajstić information content (AvgIpc) is 2.84. The van der Waals surface area contributed by atoms with E-state index in [4.69, 9.17) is 0 Å². The van der Waals surface area contributed by atoms with Crippen molar-refractivity contribution in [1.82, 2.24) is 5.32 Å². The van der Waals surface area contributed by atoms with Gasteiger partial charge in [-0.3, -0.25) is 4.79 Å². The van der Waals surface area contributed by atoms with E-state index in [1.54, 1.807) is 23.1 Å². The molecule has 0 aliphatic heterocycles. The van der Waals surface area contributed by atoms with E-state index < -0.39 is 0 Å². The first-order valence-corrected chi connectivity index (χ1v) is 8.69. The molecule has 0 saturated carbocycles. The molecular formula is C14H14BrNOS2. The summed E-state index contributed by atoms with van der Waals surface area (Å²) in [7, 11) is 0. The number of hydrogen-bond acceptors (Lipinski definition) is 3. The number of hydrogen-bond donors (Lipinski definition) is 1. The number of thiophene rings is 1. The van der Waals surface area contributed by atoms with Crippen molar-refractivity contribution in [2.24, 2.45) is 0 Å². The first-order chi connectivity index (χ1) is 9.20. The van der Waals surface area contributed by atoms with E-state index in [1.165, 1.54) is 4.88 Å². The summed E-state index contributed by atoms with van der Waals surface area (Å²) in [6, 6.07) is 11.8. The molecule has 1 amide bonds. The van der Waals surface area contributed by atoms with Crippen LogP contribution in [0.3, 0.4) is 0 Å². The standard InChI is InChI=1S/C14H14BrNOS2/c1-18-12-5-3-2-4-11(12)14(17)16-9-8-10-6-7-13(15)19-10/h2-7H,8-9H2,1H3,(H,16,17). The quantitative estimate of drug-likeness (QED) is 0.814. The van der Waals surface area contributed by atoms with Crippen molar-refractivity contribution in [2.75, 3.05) is 12.8 Å². The molecule has 1 aromatic heterocycles. The fourth-order valence-corrected chi connectivity index (χ4v) is 3.79. The van der Waals surface area contributed by atoms with Crippen LogP contribution in [0.15, 0.2) is 45.1 Å². The molecule has 1 N–H and O–H groups in total. The monoisotopic (exact) mass is 355 g/mol. The smallest absolute Gasteiger partial charge is 0.252 e. The molecule has 0 atom stereocenters. The highest BCUT2D eigenvalue weighted by molar-refractivity contribution is 9.11. The van der Waals surface area contributed by atoms with Crippen LogP contribution in [0, 0.1) is 0 Å². The lowest BCUT2D eigenvalue weighted by Gasteiger charge is -2.07. The number of halogens is 1. The van der Waals surface area contributed by atoms with Gasteiger partial charge in [0.25, 0.3) is 5.91 Å². The molecule has 0 spiro atoms. The molecule has 5 heteroatoms. The highest BCUT2D eigenvalue weighted by Crippen LogP contribution is 2.22. The van der Waals surface area contributed by atoms with Gasteiger partial charge in [0.05, 0.1) is 9.35 Å². The molecule has 0 radical (unpaired) electrons. The van der Waals surface area contributed by atoms with Crippen LogP contribution in [0.2, 0.25) is 0 Å². The lowest BCUT2D eigenvalue weighted by atomic mass is 10.2. The van der Waals surface area contributed by atoms with E-state index in [1.807, 2.05) is 36.6 Å². The predicted octanol–water partition coefficient (Wildman–Crippen LogP) is 4.21. The molecule has 2 rings (SSSR count). The Morgan fingerprint density at radius 2 is 2.11 bits per heavy atom. The minimum absolute atomic E-state index is 0.000529. The lowest BCUT2D eigenvalue weighted by Crippen LogP contribution is -2.25. The third kappa shape index (κ3) is 4.09. The van der Waals surface area contributed by atoms with E-state index in [0.717, 1.165) is 20.7 Å². The zero-order valence-electron chi connectivity index (χ0n) is 10.5. The maximum Gasteiger partial charge on any atom is 0.252 e. The third-order valence-electron chi connectivity index (χ3n) is 2.64. The van der Waals surface area contributed by atoms with Crippen molar-refractivity contribution in [2.45, 2.75) is 11.3 Å². The molecule has 0 bridgehead atoms. The Bertz CT molecular complexity index is 568. The summed E-state index contributed by atoms with van der Waals surface area (Å²) in [4.78, 5) is 14.4. The average molecular weight is 356 g/mol. The van der Waals surface area contributed by atoms with Gasteiger partial charge in [-0.25, -0.2) is 0 Å². The highest BCUT2D eigenvalue weighted by Gasteiger charge is 2.09. The summed E-state index contributed by atoms with van der Waals surface area (Å²) in [5.41, 5.74) is 0.752. The van der Waals surface area contributed by atoms with Crippen molar-refractivity contribution in [1.29, 1.82) is 0 Å². The Labute approximate surface area is 129 Å². The van der Waals surface area contributed by atoms with Crippen molar-refractivity contribution in [3.05, 3.63) is 50.6 Å². The Hall–Kier alpha value is -0.780. The van der Waals surface area contributed by atoms with Crippen LogP contribution in [0.4, 0.5) is 0 Å². The topological polar surface area (TPSA) is 29.1 Å². The molecule has 1 aromatic carbocycles. The van der Waals surface area contributed by atoms with Crippen molar-refractivity contribution < 1.29 is 4.79 Å². The molecule has 0 aliphatic rings. The summed E-state index contributed by atoms with van der Waals surface area (Å²) in [6.07, 6.45) is 2.85. The van der Waals surface area contributed by atoms with Crippen LogP contribution in [-0.4, -0.2) is 18.7 Å². The number of benzene rings is 1. The second-order valence-electron chi connectivity index (χ2n) is 3.91. The first kappa shape index (κ1) is 14.6. The van der Waals surface area contributed by atoms with Gasteiger partial charge in [-0.1, -0.05) is 12.1 Å². The molecule has 0 unspecified atom stereocenters. The summed E-state index contributed by atoms with van der Waals surface area (Å²) in [6.45, 7) is 0.661. The minimum Gasteiger partial charge on any atom is -0.352 e. The highest BCUT2D eigenvalue weighted by atomic mass is 79.9. The van der Waals surface area contributed by atoms with E-state index in [0.29, 0.717) is 6.54 Å². The number of carbonyl (C=O) groups excluding carboxylic acids is 1. The fraction of sp³-hybridized carbons (Fsp3) is 0.214. The maximum absolute atomic E-state index is 12.1. The first-order valence-electron chi connectivity index (χ1n) is 5.86. The second kappa shape index (κ2) is 7.12. The molecule has 1 heterocycles. The predicted molar refractivity (Wildman–Crippen MR) is 86.3 cm³/mol. The van der Waals surface area contributed by atoms with Crippen LogP contribution in [0.1, 0.15) is 15.2 Å². The molecule has 0 fully saturated rings. The van der Waals surface area contributed by atoms with Gasteiger partial charge in [-0.15, -0.1) is 23.1 Å². The van der Waals surface area contributed by atoms with Crippen molar-refractivity contribution in [3.63, 3.8) is 0 Å². The lowest BCUT2D eigenvalue weighted by molar-refractivity contribution is 0.0951.